The monoisotopic (exact) mass is 336 g/mol. The molecule has 0 unspecified atom stereocenters. The standard InChI is InChI=1S/C16H32N2Si3/c1-19(2,3)17-16(15-13-11-10-12-14-15)18(20(4,5)6)21(7,8)9/h10-14H,1-9H3/b17-16-. The summed E-state index contributed by atoms with van der Waals surface area (Å²) in [6, 6.07) is 10.8. The average Bonchev–Trinajstić information content (AvgIpc) is 2.23. The summed E-state index contributed by atoms with van der Waals surface area (Å²) in [5.74, 6) is 1.26. The molecule has 0 amide bonds. The minimum Gasteiger partial charge on any atom is -0.410 e. The van der Waals surface area contributed by atoms with Gasteiger partial charge in [-0.25, -0.2) is 0 Å². The molecule has 0 aliphatic rings. The van der Waals surface area contributed by atoms with Crippen molar-refractivity contribution >= 4 is 30.5 Å². The number of amidine groups is 1. The van der Waals surface area contributed by atoms with E-state index in [0.29, 0.717) is 0 Å². The first kappa shape index (κ1) is 18.4. The molecule has 0 fully saturated rings. The quantitative estimate of drug-likeness (QED) is 0.417. The highest BCUT2D eigenvalue weighted by atomic mass is 28.4. The molecular weight excluding hydrogens is 304 g/mol. The lowest BCUT2D eigenvalue weighted by Crippen LogP contribution is -2.62. The van der Waals surface area contributed by atoms with Crippen LogP contribution < -0.4 is 0 Å². The number of rotatable bonds is 4. The Morgan fingerprint density at radius 1 is 0.762 bits per heavy atom. The van der Waals surface area contributed by atoms with E-state index in [0.717, 1.165) is 0 Å². The zero-order valence-electron chi connectivity index (χ0n) is 15.3. The van der Waals surface area contributed by atoms with Crippen LogP contribution in [-0.2, 0) is 0 Å². The first-order valence-electron chi connectivity index (χ1n) is 7.78. The van der Waals surface area contributed by atoms with Gasteiger partial charge in [-0.15, -0.1) is 0 Å². The van der Waals surface area contributed by atoms with Crippen LogP contribution in [0.4, 0.5) is 0 Å². The highest BCUT2D eigenvalue weighted by Crippen LogP contribution is 2.25. The van der Waals surface area contributed by atoms with Crippen molar-refractivity contribution in [2.24, 2.45) is 4.66 Å². The van der Waals surface area contributed by atoms with Crippen LogP contribution in [0.25, 0.3) is 0 Å². The molecule has 2 nitrogen and oxygen atoms in total. The summed E-state index contributed by atoms with van der Waals surface area (Å²) in [6.45, 7) is 21.6. The van der Waals surface area contributed by atoms with E-state index < -0.39 is 24.7 Å². The second kappa shape index (κ2) is 6.22. The SMILES string of the molecule is C[Si](C)(C)/N=C(/c1ccccc1)N([Si](C)(C)C)[Si](C)(C)C. The van der Waals surface area contributed by atoms with Crippen molar-refractivity contribution in [3.05, 3.63) is 35.9 Å². The first-order valence-corrected chi connectivity index (χ1v) is 18.1. The van der Waals surface area contributed by atoms with Gasteiger partial charge in [-0.1, -0.05) is 69.6 Å². The van der Waals surface area contributed by atoms with E-state index in [1.54, 1.807) is 0 Å². The lowest BCUT2D eigenvalue weighted by atomic mass is 10.2. The van der Waals surface area contributed by atoms with Crippen LogP contribution in [-0.4, -0.2) is 34.8 Å². The predicted octanol–water partition coefficient (Wildman–Crippen LogP) is 5.24. The molecule has 0 bridgehead atoms. The Morgan fingerprint density at radius 3 is 1.52 bits per heavy atom. The van der Waals surface area contributed by atoms with Crippen molar-refractivity contribution in [1.29, 1.82) is 0 Å². The molecule has 0 saturated heterocycles. The van der Waals surface area contributed by atoms with Crippen LogP contribution in [0.1, 0.15) is 5.56 Å². The van der Waals surface area contributed by atoms with Gasteiger partial charge in [-0.3, -0.25) is 0 Å². The van der Waals surface area contributed by atoms with Gasteiger partial charge in [0.1, 0.15) is 22.3 Å². The number of hydrogen-bond donors (Lipinski definition) is 0. The van der Waals surface area contributed by atoms with Gasteiger partial charge in [0.15, 0.2) is 8.24 Å². The van der Waals surface area contributed by atoms with Crippen LogP contribution in [0.5, 0.6) is 0 Å². The molecule has 1 aromatic rings. The summed E-state index contributed by atoms with van der Waals surface area (Å²) in [5.41, 5.74) is 1.28. The molecule has 0 heterocycles. The van der Waals surface area contributed by atoms with E-state index in [1.165, 1.54) is 11.4 Å². The maximum Gasteiger partial charge on any atom is 0.174 e. The van der Waals surface area contributed by atoms with Crippen molar-refractivity contribution in [3.63, 3.8) is 0 Å². The fraction of sp³-hybridized carbons (Fsp3) is 0.562. The molecular formula is C16H32N2Si3. The van der Waals surface area contributed by atoms with Gasteiger partial charge >= 0.3 is 0 Å². The van der Waals surface area contributed by atoms with Gasteiger partial charge in [0.2, 0.25) is 0 Å². The summed E-state index contributed by atoms with van der Waals surface area (Å²) >= 11 is 0. The zero-order chi connectivity index (χ0) is 16.5. The Kier molecular flexibility index (Phi) is 5.45. The number of nitrogens with zero attached hydrogens (tertiary/aromatic N) is 2. The lowest BCUT2D eigenvalue weighted by molar-refractivity contribution is 0.900. The molecule has 0 aliphatic heterocycles. The van der Waals surface area contributed by atoms with E-state index in [1.807, 2.05) is 0 Å². The molecule has 118 valence electrons. The third-order valence-electron chi connectivity index (χ3n) is 3.03. The van der Waals surface area contributed by atoms with Crippen molar-refractivity contribution in [1.82, 2.24) is 4.23 Å². The van der Waals surface area contributed by atoms with Crippen molar-refractivity contribution in [3.8, 4) is 0 Å². The molecule has 1 aromatic carbocycles. The minimum atomic E-state index is -1.53. The summed E-state index contributed by atoms with van der Waals surface area (Å²) in [6.07, 6.45) is 0. The highest BCUT2D eigenvalue weighted by molar-refractivity contribution is 6.93. The smallest absolute Gasteiger partial charge is 0.174 e. The molecule has 0 spiro atoms. The second-order valence-electron chi connectivity index (χ2n) is 8.65. The average molecular weight is 337 g/mol. The molecule has 0 aromatic heterocycles. The minimum absolute atomic E-state index is 1.26. The molecule has 0 atom stereocenters. The van der Waals surface area contributed by atoms with Crippen molar-refractivity contribution in [2.45, 2.75) is 58.9 Å². The van der Waals surface area contributed by atoms with E-state index in [-0.39, 0.29) is 0 Å². The molecule has 5 heteroatoms. The van der Waals surface area contributed by atoms with Gasteiger partial charge in [-0.2, -0.15) is 0 Å². The third kappa shape index (κ3) is 5.56. The third-order valence-corrected chi connectivity index (χ3v) is 11.0. The van der Waals surface area contributed by atoms with Crippen molar-refractivity contribution in [2.75, 3.05) is 0 Å². The normalized spacial score (nSPS) is 14.2. The van der Waals surface area contributed by atoms with Crippen LogP contribution in [0.2, 0.25) is 58.9 Å². The Labute approximate surface area is 134 Å². The number of hydrogen-bond acceptors (Lipinski definition) is 1. The highest BCUT2D eigenvalue weighted by Gasteiger charge is 2.37. The summed E-state index contributed by atoms with van der Waals surface area (Å²) < 4.78 is 8.01. The van der Waals surface area contributed by atoms with Gasteiger partial charge in [0, 0.05) is 5.56 Å². The number of benzene rings is 1. The topological polar surface area (TPSA) is 15.6 Å². The van der Waals surface area contributed by atoms with Crippen LogP contribution in [0.3, 0.4) is 0 Å². The van der Waals surface area contributed by atoms with Gasteiger partial charge in [-0.05, 0) is 19.6 Å². The Hall–Kier alpha value is -0.659. The van der Waals surface area contributed by atoms with Crippen LogP contribution >= 0.6 is 0 Å². The Morgan fingerprint density at radius 2 is 1.19 bits per heavy atom. The van der Waals surface area contributed by atoms with E-state index >= 15 is 0 Å². The van der Waals surface area contributed by atoms with E-state index in [9.17, 15) is 0 Å². The largest absolute Gasteiger partial charge is 0.410 e. The van der Waals surface area contributed by atoms with Crippen LogP contribution in [0.15, 0.2) is 35.0 Å². The van der Waals surface area contributed by atoms with Gasteiger partial charge in [0.25, 0.3) is 0 Å². The molecule has 1 rings (SSSR count). The fourth-order valence-corrected chi connectivity index (χ4v) is 13.5. The zero-order valence-corrected chi connectivity index (χ0v) is 18.3. The van der Waals surface area contributed by atoms with Gasteiger partial charge in [0.05, 0.1) is 0 Å². The fourth-order valence-electron chi connectivity index (χ4n) is 2.79. The summed E-state index contributed by atoms with van der Waals surface area (Å²) in [5, 5.41) is 0. The maximum atomic E-state index is 5.26. The Balaban J connectivity index is 3.53. The lowest BCUT2D eigenvalue weighted by Gasteiger charge is -2.47. The summed E-state index contributed by atoms with van der Waals surface area (Å²) in [4.78, 5) is 0. The predicted molar refractivity (Wildman–Crippen MR) is 105 cm³/mol. The summed E-state index contributed by atoms with van der Waals surface area (Å²) in [7, 11) is -4.50. The molecule has 0 aliphatic carbocycles. The van der Waals surface area contributed by atoms with E-state index in [4.69, 9.17) is 4.66 Å². The maximum absolute atomic E-state index is 5.26. The molecule has 0 N–H and O–H groups in total. The van der Waals surface area contributed by atoms with Gasteiger partial charge < -0.3 is 8.89 Å². The molecule has 21 heavy (non-hydrogen) atoms. The first-order chi connectivity index (χ1) is 9.32. The molecule has 0 radical (unpaired) electrons. The van der Waals surface area contributed by atoms with Crippen molar-refractivity contribution < 1.29 is 0 Å². The molecule has 0 saturated carbocycles. The Bertz CT molecular complexity index is 477. The van der Waals surface area contributed by atoms with Crippen LogP contribution in [0, 0.1) is 0 Å². The second-order valence-corrected chi connectivity index (χ2v) is 23.2. The van der Waals surface area contributed by atoms with E-state index in [2.05, 4.69) is 93.5 Å².